The molecule has 15 heavy (non-hydrogen) atoms. The van der Waals surface area contributed by atoms with Crippen molar-refractivity contribution in [2.45, 2.75) is 55.8 Å². The van der Waals surface area contributed by atoms with Gasteiger partial charge in [-0.05, 0) is 12.8 Å². The van der Waals surface area contributed by atoms with Gasteiger partial charge in [0.2, 0.25) is 4.84 Å². The van der Waals surface area contributed by atoms with Crippen LogP contribution in [0.2, 0.25) is 0 Å². The van der Waals surface area contributed by atoms with Gasteiger partial charge in [0.05, 0.1) is 0 Å². The molecule has 0 saturated heterocycles. The first-order valence-corrected chi connectivity index (χ1v) is 6.51. The maximum Gasteiger partial charge on any atom is 0.340 e. The molecule has 5 heteroatoms. The molecule has 0 aromatic heterocycles. The van der Waals surface area contributed by atoms with Crippen molar-refractivity contribution in [1.29, 1.82) is 0 Å². The van der Waals surface area contributed by atoms with Crippen LogP contribution in [-0.2, 0) is 9.53 Å². The van der Waals surface area contributed by atoms with E-state index in [9.17, 15) is 4.79 Å². The number of esters is 1. The highest BCUT2D eigenvalue weighted by atomic mass is 35.5. The summed E-state index contributed by atoms with van der Waals surface area (Å²) in [6.07, 6.45) is 6.35. The van der Waals surface area contributed by atoms with E-state index in [1.807, 2.05) is 0 Å². The number of carbonyl (C=O) groups excluding carboxylic acids is 1. The largest absolute Gasteiger partial charge is 0.444 e. The zero-order valence-electron chi connectivity index (χ0n) is 8.85. The number of rotatable bonds is 8. The summed E-state index contributed by atoms with van der Waals surface area (Å²) < 4.78 is 4.78. The third kappa shape index (κ3) is 9.28. The zero-order chi connectivity index (χ0) is 11.7. The molecule has 90 valence electrons. The summed E-state index contributed by atoms with van der Waals surface area (Å²) in [6, 6.07) is 0. The summed E-state index contributed by atoms with van der Waals surface area (Å²) in [7, 11) is 0. The Morgan fingerprint density at radius 2 is 1.73 bits per heavy atom. The molecule has 0 N–H and O–H groups in total. The Balaban J connectivity index is 3.41. The number of hydrogen-bond acceptors (Lipinski definition) is 2. The van der Waals surface area contributed by atoms with E-state index < -0.39 is 16.4 Å². The lowest BCUT2D eigenvalue weighted by Crippen LogP contribution is -2.18. The van der Waals surface area contributed by atoms with Crippen LogP contribution in [-0.4, -0.2) is 16.4 Å². The molecule has 0 aliphatic heterocycles. The Bertz CT molecular complexity index is 174. The van der Waals surface area contributed by atoms with Crippen molar-refractivity contribution >= 4 is 40.8 Å². The number of hydrogen-bond donors (Lipinski definition) is 0. The molecule has 1 atom stereocenters. The van der Waals surface area contributed by atoms with Crippen molar-refractivity contribution in [1.82, 2.24) is 0 Å². The average Bonchev–Trinajstić information content (AvgIpc) is 2.17. The van der Waals surface area contributed by atoms with Gasteiger partial charge < -0.3 is 4.74 Å². The predicted octanol–water partition coefficient (Wildman–Crippen LogP) is 4.26. The van der Waals surface area contributed by atoms with Crippen LogP contribution >= 0.6 is 34.8 Å². The smallest absolute Gasteiger partial charge is 0.340 e. The van der Waals surface area contributed by atoms with Crippen LogP contribution in [0, 0.1) is 0 Å². The van der Waals surface area contributed by atoms with E-state index in [0.717, 1.165) is 12.8 Å². The van der Waals surface area contributed by atoms with E-state index >= 15 is 0 Å². The summed E-state index contributed by atoms with van der Waals surface area (Å²) in [5, 5.41) is 0. The van der Waals surface area contributed by atoms with Crippen LogP contribution in [0.3, 0.4) is 0 Å². The lowest BCUT2D eigenvalue weighted by atomic mass is 10.1. The number of alkyl halides is 3. The molecule has 2 nitrogen and oxygen atoms in total. The molecule has 0 aromatic carbocycles. The molecule has 0 saturated carbocycles. The predicted molar refractivity (Wildman–Crippen MR) is 64.6 cm³/mol. The highest BCUT2D eigenvalue weighted by Gasteiger charge is 2.17. The maximum atomic E-state index is 10.9. The lowest BCUT2D eigenvalue weighted by Gasteiger charge is -2.11. The van der Waals surface area contributed by atoms with Gasteiger partial charge in [0, 0.05) is 0 Å². The van der Waals surface area contributed by atoms with Gasteiger partial charge >= 0.3 is 5.97 Å². The second-order valence-corrected chi connectivity index (χ2v) is 4.93. The monoisotopic (exact) mass is 274 g/mol. The van der Waals surface area contributed by atoms with Crippen molar-refractivity contribution in [3.63, 3.8) is 0 Å². The standard InChI is InChI=1S/C10H17Cl3O2/c1-2-3-4-5-6-7-8(11)15-10(14)9(12)13/h8-9H,2-7H2,1H3. The molecule has 0 rings (SSSR count). The highest BCUT2D eigenvalue weighted by molar-refractivity contribution is 6.53. The number of halogens is 3. The van der Waals surface area contributed by atoms with Gasteiger partial charge in [-0.25, -0.2) is 4.79 Å². The minimum atomic E-state index is -1.15. The van der Waals surface area contributed by atoms with Crippen molar-refractivity contribution in [3.8, 4) is 0 Å². The Hall–Kier alpha value is 0.340. The minimum Gasteiger partial charge on any atom is -0.444 e. The van der Waals surface area contributed by atoms with Gasteiger partial charge in [-0.2, -0.15) is 0 Å². The van der Waals surface area contributed by atoms with E-state index in [2.05, 4.69) is 6.92 Å². The van der Waals surface area contributed by atoms with Gasteiger partial charge in [0.25, 0.3) is 0 Å². The quantitative estimate of drug-likeness (QED) is 0.376. The van der Waals surface area contributed by atoms with E-state index in [4.69, 9.17) is 39.5 Å². The van der Waals surface area contributed by atoms with Crippen molar-refractivity contribution < 1.29 is 9.53 Å². The van der Waals surface area contributed by atoms with E-state index in [0.29, 0.717) is 6.42 Å². The molecule has 0 heterocycles. The zero-order valence-corrected chi connectivity index (χ0v) is 11.1. The van der Waals surface area contributed by atoms with E-state index in [1.165, 1.54) is 19.3 Å². The maximum absolute atomic E-state index is 10.9. The Morgan fingerprint density at radius 3 is 2.27 bits per heavy atom. The van der Waals surface area contributed by atoms with Crippen LogP contribution < -0.4 is 0 Å². The molecule has 0 radical (unpaired) electrons. The summed E-state index contributed by atoms with van der Waals surface area (Å²) in [5.74, 6) is -0.674. The summed E-state index contributed by atoms with van der Waals surface area (Å²) in [6.45, 7) is 2.16. The molecule has 0 fully saturated rings. The van der Waals surface area contributed by atoms with Gasteiger partial charge in [0.15, 0.2) is 5.56 Å². The fraction of sp³-hybridized carbons (Fsp3) is 0.900. The van der Waals surface area contributed by atoms with Crippen LogP contribution in [0.4, 0.5) is 0 Å². The summed E-state index contributed by atoms with van der Waals surface area (Å²) in [5.41, 5.74) is -0.612. The highest BCUT2D eigenvalue weighted by Crippen LogP contribution is 2.14. The van der Waals surface area contributed by atoms with E-state index in [1.54, 1.807) is 0 Å². The summed E-state index contributed by atoms with van der Waals surface area (Å²) >= 11 is 16.4. The molecule has 0 aromatic rings. The van der Waals surface area contributed by atoms with Crippen molar-refractivity contribution in [3.05, 3.63) is 0 Å². The Labute approximate surface area is 106 Å². The SMILES string of the molecule is CCCCCCCC(Cl)OC(=O)C(Cl)Cl. The van der Waals surface area contributed by atoms with Crippen molar-refractivity contribution in [2.24, 2.45) is 0 Å². The number of ether oxygens (including phenoxy) is 1. The van der Waals surface area contributed by atoms with Gasteiger partial charge in [-0.15, -0.1) is 0 Å². The Morgan fingerprint density at radius 1 is 1.13 bits per heavy atom. The van der Waals surface area contributed by atoms with Crippen LogP contribution in [0.1, 0.15) is 45.4 Å². The third-order valence-corrected chi connectivity index (χ3v) is 2.62. The fourth-order valence-corrected chi connectivity index (χ4v) is 1.49. The van der Waals surface area contributed by atoms with Gasteiger partial charge in [-0.1, -0.05) is 67.4 Å². The lowest BCUT2D eigenvalue weighted by molar-refractivity contribution is -0.143. The fourth-order valence-electron chi connectivity index (χ4n) is 1.14. The molecule has 0 bridgehead atoms. The molecular formula is C10H17Cl3O2. The molecule has 0 aliphatic rings. The van der Waals surface area contributed by atoms with Crippen LogP contribution in [0.5, 0.6) is 0 Å². The molecule has 1 unspecified atom stereocenters. The first kappa shape index (κ1) is 15.3. The second-order valence-electron chi connectivity index (χ2n) is 3.35. The normalized spacial score (nSPS) is 12.9. The average molecular weight is 276 g/mol. The first-order valence-electron chi connectivity index (χ1n) is 5.20. The molecular weight excluding hydrogens is 258 g/mol. The van der Waals surface area contributed by atoms with Gasteiger partial charge in [0.1, 0.15) is 0 Å². The summed E-state index contributed by atoms with van der Waals surface area (Å²) in [4.78, 5) is 9.77. The van der Waals surface area contributed by atoms with Gasteiger partial charge in [-0.3, -0.25) is 0 Å². The van der Waals surface area contributed by atoms with E-state index in [-0.39, 0.29) is 0 Å². The van der Waals surface area contributed by atoms with Crippen LogP contribution in [0.15, 0.2) is 0 Å². The second kappa shape index (κ2) is 9.56. The first-order chi connectivity index (χ1) is 7.07. The van der Waals surface area contributed by atoms with Crippen LogP contribution in [0.25, 0.3) is 0 Å². The molecule has 0 amide bonds. The topological polar surface area (TPSA) is 26.3 Å². The molecule has 0 spiro atoms. The minimum absolute atomic E-state index is 0.612. The third-order valence-electron chi connectivity index (χ3n) is 1.96. The van der Waals surface area contributed by atoms with Crippen molar-refractivity contribution in [2.75, 3.05) is 0 Å². The number of carbonyl (C=O) groups is 1. The molecule has 0 aliphatic carbocycles. The Kier molecular flexibility index (Phi) is 9.77. The number of unbranched alkanes of at least 4 members (excludes halogenated alkanes) is 4.